The Morgan fingerprint density at radius 1 is 1.27 bits per heavy atom. The first-order valence-corrected chi connectivity index (χ1v) is 10.9. The third-order valence-corrected chi connectivity index (χ3v) is 6.70. The maximum absolute atomic E-state index is 13.9. The Kier molecular flexibility index (Phi) is 4.14. The van der Waals surface area contributed by atoms with Gasteiger partial charge in [-0.3, -0.25) is 4.79 Å². The molecule has 1 aromatic carbocycles. The molecule has 10 heteroatoms. The SMILES string of the molecule is O=c1c(C2=NS(=O)(=O)c3cccnc3N2)c(O)c2cc(F)ccc2n1CCC1CC1. The quantitative estimate of drug-likeness (QED) is 0.660. The number of aromatic hydroxyl groups is 1. The van der Waals surface area contributed by atoms with E-state index in [0.717, 1.165) is 25.3 Å². The monoisotopic (exact) mass is 428 g/mol. The highest BCUT2D eigenvalue weighted by atomic mass is 32.2. The molecule has 154 valence electrons. The van der Waals surface area contributed by atoms with Gasteiger partial charge in [0, 0.05) is 18.1 Å². The van der Waals surface area contributed by atoms with Crippen LogP contribution in [0, 0.1) is 11.7 Å². The molecule has 1 aliphatic heterocycles. The van der Waals surface area contributed by atoms with Crippen molar-refractivity contribution in [1.29, 1.82) is 0 Å². The summed E-state index contributed by atoms with van der Waals surface area (Å²) < 4.78 is 44.2. The van der Waals surface area contributed by atoms with E-state index in [2.05, 4.69) is 14.7 Å². The third-order valence-electron chi connectivity index (χ3n) is 5.39. The zero-order valence-corrected chi connectivity index (χ0v) is 16.5. The number of pyridine rings is 2. The van der Waals surface area contributed by atoms with Gasteiger partial charge in [0.2, 0.25) is 0 Å². The number of halogens is 1. The summed E-state index contributed by atoms with van der Waals surface area (Å²) in [7, 11) is -4.13. The van der Waals surface area contributed by atoms with E-state index in [4.69, 9.17) is 0 Å². The van der Waals surface area contributed by atoms with Crippen LogP contribution in [0.4, 0.5) is 10.2 Å². The first-order valence-electron chi connectivity index (χ1n) is 9.47. The van der Waals surface area contributed by atoms with Gasteiger partial charge in [0.1, 0.15) is 22.0 Å². The maximum Gasteiger partial charge on any atom is 0.287 e. The Bertz CT molecular complexity index is 1390. The number of amidine groups is 1. The fourth-order valence-electron chi connectivity index (χ4n) is 3.67. The summed E-state index contributed by atoms with van der Waals surface area (Å²) >= 11 is 0. The van der Waals surface area contributed by atoms with Gasteiger partial charge in [-0.1, -0.05) is 12.8 Å². The van der Waals surface area contributed by atoms with E-state index < -0.39 is 27.1 Å². The van der Waals surface area contributed by atoms with Crippen molar-refractivity contribution in [3.8, 4) is 5.75 Å². The zero-order valence-electron chi connectivity index (χ0n) is 15.7. The Balaban J connectivity index is 1.75. The number of anilines is 1. The number of aryl methyl sites for hydroxylation is 1. The third kappa shape index (κ3) is 3.04. The van der Waals surface area contributed by atoms with Crippen LogP contribution in [0.1, 0.15) is 24.8 Å². The van der Waals surface area contributed by atoms with Gasteiger partial charge in [-0.25, -0.2) is 9.37 Å². The number of benzene rings is 1. The van der Waals surface area contributed by atoms with E-state index in [1.807, 2.05) is 0 Å². The van der Waals surface area contributed by atoms with Crippen molar-refractivity contribution in [3.05, 3.63) is 58.3 Å². The molecule has 1 saturated carbocycles. The van der Waals surface area contributed by atoms with Gasteiger partial charge in [-0.05, 0) is 42.7 Å². The summed E-state index contributed by atoms with van der Waals surface area (Å²) in [5.74, 6) is -0.918. The van der Waals surface area contributed by atoms with E-state index in [1.54, 1.807) is 0 Å². The molecule has 1 aliphatic carbocycles. The van der Waals surface area contributed by atoms with Gasteiger partial charge in [0.25, 0.3) is 15.6 Å². The fourth-order valence-corrected chi connectivity index (χ4v) is 4.75. The normalized spacial score (nSPS) is 17.3. The second-order valence-electron chi connectivity index (χ2n) is 7.46. The van der Waals surface area contributed by atoms with Gasteiger partial charge >= 0.3 is 0 Å². The summed E-state index contributed by atoms with van der Waals surface area (Å²) in [6, 6.07) is 6.57. The zero-order chi connectivity index (χ0) is 21.0. The molecule has 8 nitrogen and oxygen atoms in total. The second kappa shape index (κ2) is 6.63. The van der Waals surface area contributed by atoms with E-state index in [-0.39, 0.29) is 27.5 Å². The van der Waals surface area contributed by atoms with Crippen LogP contribution >= 0.6 is 0 Å². The molecule has 0 saturated heterocycles. The van der Waals surface area contributed by atoms with Crippen LogP contribution in [0.15, 0.2) is 50.6 Å². The molecule has 0 atom stereocenters. The molecule has 0 bridgehead atoms. The second-order valence-corrected chi connectivity index (χ2v) is 9.04. The van der Waals surface area contributed by atoms with Crippen molar-refractivity contribution in [2.75, 3.05) is 5.32 Å². The van der Waals surface area contributed by atoms with Crippen LogP contribution in [-0.2, 0) is 16.6 Å². The highest BCUT2D eigenvalue weighted by molar-refractivity contribution is 7.90. The molecular weight excluding hydrogens is 411 g/mol. The smallest absolute Gasteiger partial charge is 0.287 e. The number of nitrogens with one attached hydrogen (secondary N) is 1. The summed E-state index contributed by atoms with van der Waals surface area (Å²) in [6.07, 6.45) is 4.36. The molecule has 0 radical (unpaired) electrons. The average molecular weight is 428 g/mol. The van der Waals surface area contributed by atoms with Gasteiger partial charge in [0.05, 0.1) is 5.52 Å². The van der Waals surface area contributed by atoms with Crippen LogP contribution in [0.2, 0.25) is 0 Å². The van der Waals surface area contributed by atoms with Gasteiger partial charge in [-0.2, -0.15) is 8.42 Å². The van der Waals surface area contributed by atoms with Crippen molar-refractivity contribution >= 4 is 32.6 Å². The number of rotatable bonds is 4. The number of aromatic nitrogens is 2. The lowest BCUT2D eigenvalue weighted by molar-refractivity contribution is 0.476. The summed E-state index contributed by atoms with van der Waals surface area (Å²) in [6.45, 7) is 0.369. The van der Waals surface area contributed by atoms with Crippen LogP contribution < -0.4 is 10.9 Å². The van der Waals surface area contributed by atoms with Gasteiger partial charge < -0.3 is 15.0 Å². The molecule has 3 heterocycles. The molecule has 1 fully saturated rings. The van der Waals surface area contributed by atoms with E-state index in [1.165, 1.54) is 35.0 Å². The number of hydrogen-bond acceptors (Lipinski definition) is 6. The number of fused-ring (bicyclic) bond motifs is 2. The van der Waals surface area contributed by atoms with Crippen LogP contribution in [0.5, 0.6) is 5.75 Å². The Hall–Kier alpha value is -3.27. The van der Waals surface area contributed by atoms with Crippen molar-refractivity contribution in [2.24, 2.45) is 10.3 Å². The van der Waals surface area contributed by atoms with Crippen LogP contribution in [-0.4, -0.2) is 28.9 Å². The lowest BCUT2D eigenvalue weighted by atomic mass is 10.1. The highest BCUT2D eigenvalue weighted by Crippen LogP contribution is 2.34. The Morgan fingerprint density at radius 2 is 2.07 bits per heavy atom. The molecule has 30 heavy (non-hydrogen) atoms. The minimum atomic E-state index is -4.13. The lowest BCUT2D eigenvalue weighted by Gasteiger charge is -2.20. The van der Waals surface area contributed by atoms with Crippen LogP contribution in [0.25, 0.3) is 10.9 Å². The average Bonchev–Trinajstić information content (AvgIpc) is 3.52. The topological polar surface area (TPSA) is 114 Å². The molecule has 3 aromatic rings. The van der Waals surface area contributed by atoms with Crippen LogP contribution in [0.3, 0.4) is 0 Å². The molecule has 0 unspecified atom stereocenters. The minimum Gasteiger partial charge on any atom is -0.506 e. The van der Waals surface area contributed by atoms with E-state index >= 15 is 0 Å². The Labute approximate surface area is 170 Å². The molecule has 2 aromatic heterocycles. The number of sulfonamides is 1. The minimum absolute atomic E-state index is 0.00479. The summed E-state index contributed by atoms with van der Waals surface area (Å²) in [5, 5.41) is 13.7. The standard InChI is InChI=1S/C20H17FN4O4S/c21-12-5-6-14-13(10-12)17(26)16(20(27)25(14)9-7-11-3-4-11)19-23-18-15(2-1-8-22-18)30(28,29)24-19/h1-2,5-6,8,10-11,26H,3-4,7,9H2,(H,22,23,24). The van der Waals surface area contributed by atoms with E-state index in [9.17, 15) is 22.7 Å². The predicted octanol–water partition coefficient (Wildman–Crippen LogP) is 2.60. The van der Waals surface area contributed by atoms with Crippen molar-refractivity contribution in [2.45, 2.75) is 30.7 Å². The molecule has 2 aliphatic rings. The number of nitrogens with zero attached hydrogens (tertiary/aromatic N) is 3. The summed E-state index contributed by atoms with van der Waals surface area (Å²) in [4.78, 5) is 17.2. The first kappa shape index (κ1) is 18.7. The fraction of sp³-hybridized carbons (Fsp3) is 0.250. The Morgan fingerprint density at radius 3 is 2.83 bits per heavy atom. The molecule has 0 amide bonds. The van der Waals surface area contributed by atoms with E-state index in [0.29, 0.717) is 18.0 Å². The first-order chi connectivity index (χ1) is 14.3. The highest BCUT2D eigenvalue weighted by Gasteiger charge is 2.31. The largest absolute Gasteiger partial charge is 0.506 e. The lowest BCUT2D eigenvalue weighted by Crippen LogP contribution is -2.33. The van der Waals surface area contributed by atoms with Crippen molar-refractivity contribution in [3.63, 3.8) is 0 Å². The predicted molar refractivity (Wildman–Crippen MR) is 109 cm³/mol. The molecule has 0 spiro atoms. The van der Waals surface area contributed by atoms with Gasteiger partial charge in [-0.15, -0.1) is 4.40 Å². The van der Waals surface area contributed by atoms with Gasteiger partial charge in [0.15, 0.2) is 11.7 Å². The molecular formula is C20H17FN4O4S. The summed E-state index contributed by atoms with van der Waals surface area (Å²) in [5.41, 5.74) is -0.557. The maximum atomic E-state index is 13.9. The van der Waals surface area contributed by atoms with Crippen molar-refractivity contribution < 1.29 is 17.9 Å². The molecule has 5 rings (SSSR count). The number of hydrogen-bond donors (Lipinski definition) is 2. The molecule has 2 N–H and O–H groups in total. The van der Waals surface area contributed by atoms with Crippen molar-refractivity contribution in [1.82, 2.24) is 9.55 Å².